The molecule has 6 nitrogen and oxygen atoms in total. The van der Waals surface area contributed by atoms with E-state index in [1.54, 1.807) is 4.90 Å². The summed E-state index contributed by atoms with van der Waals surface area (Å²) in [7, 11) is 0. The van der Waals surface area contributed by atoms with Gasteiger partial charge in [-0.1, -0.05) is 0 Å². The lowest BCUT2D eigenvalue weighted by atomic mass is 10.2. The molecule has 3 heterocycles. The zero-order valence-corrected chi connectivity index (χ0v) is 13.3. The van der Waals surface area contributed by atoms with Crippen LogP contribution in [-0.2, 0) is 4.74 Å². The van der Waals surface area contributed by atoms with Gasteiger partial charge in [0, 0.05) is 37.8 Å². The quantitative estimate of drug-likeness (QED) is 0.879. The molecule has 0 bridgehead atoms. The van der Waals surface area contributed by atoms with Crippen molar-refractivity contribution in [2.24, 2.45) is 0 Å². The molecule has 1 N–H and O–H groups in total. The normalized spacial score (nSPS) is 16.1. The number of carbonyl (C=O) groups excluding carboxylic acids is 1. The van der Waals surface area contributed by atoms with Crippen LogP contribution in [0.3, 0.4) is 0 Å². The minimum atomic E-state index is -0.449. The summed E-state index contributed by atoms with van der Waals surface area (Å²) < 4.78 is 5.41. The third-order valence-corrected chi connectivity index (χ3v) is 3.68. The van der Waals surface area contributed by atoms with Crippen LogP contribution in [0.15, 0.2) is 24.5 Å². The number of nitrogens with one attached hydrogen (secondary N) is 1. The lowest BCUT2D eigenvalue weighted by Crippen LogP contribution is -2.50. The van der Waals surface area contributed by atoms with Gasteiger partial charge < -0.3 is 19.5 Å². The van der Waals surface area contributed by atoms with Gasteiger partial charge in [0.15, 0.2) is 0 Å². The first kappa shape index (κ1) is 14.7. The van der Waals surface area contributed by atoms with Gasteiger partial charge in [0.25, 0.3) is 0 Å². The van der Waals surface area contributed by atoms with Crippen LogP contribution < -0.4 is 4.90 Å². The van der Waals surface area contributed by atoms with Crippen LogP contribution >= 0.6 is 0 Å². The average molecular weight is 302 g/mol. The number of anilines is 1. The van der Waals surface area contributed by atoms with Crippen LogP contribution in [-0.4, -0.2) is 52.7 Å². The second kappa shape index (κ2) is 5.51. The van der Waals surface area contributed by atoms with Crippen LogP contribution in [0.25, 0.3) is 10.9 Å². The van der Waals surface area contributed by atoms with Crippen molar-refractivity contribution in [3.8, 4) is 0 Å². The minimum Gasteiger partial charge on any atom is -0.444 e. The van der Waals surface area contributed by atoms with Crippen LogP contribution in [0.2, 0.25) is 0 Å². The van der Waals surface area contributed by atoms with Crippen molar-refractivity contribution in [1.29, 1.82) is 0 Å². The van der Waals surface area contributed by atoms with Gasteiger partial charge in [-0.25, -0.2) is 9.78 Å². The second-order valence-corrected chi connectivity index (χ2v) is 6.56. The predicted molar refractivity (Wildman–Crippen MR) is 86.1 cm³/mol. The largest absolute Gasteiger partial charge is 0.444 e. The molecule has 0 saturated carbocycles. The van der Waals surface area contributed by atoms with E-state index in [0.29, 0.717) is 13.1 Å². The Kier molecular flexibility index (Phi) is 3.68. The summed E-state index contributed by atoms with van der Waals surface area (Å²) in [5.41, 5.74) is 0.589. The molecule has 2 aromatic rings. The van der Waals surface area contributed by atoms with Crippen molar-refractivity contribution in [3.63, 3.8) is 0 Å². The fraction of sp³-hybridized carbons (Fsp3) is 0.500. The number of amides is 1. The number of carbonyl (C=O) groups is 1. The molecule has 1 aliphatic rings. The topological polar surface area (TPSA) is 61.5 Å². The lowest BCUT2D eigenvalue weighted by molar-refractivity contribution is 0.0240. The Hall–Kier alpha value is -2.24. The summed E-state index contributed by atoms with van der Waals surface area (Å²) in [5.74, 6) is 0.955. The molecular formula is C16H22N4O2. The number of H-pyrrole nitrogens is 1. The van der Waals surface area contributed by atoms with E-state index in [9.17, 15) is 4.79 Å². The van der Waals surface area contributed by atoms with Crippen molar-refractivity contribution < 1.29 is 9.53 Å². The maximum atomic E-state index is 12.1. The molecule has 1 fully saturated rings. The van der Waals surface area contributed by atoms with Crippen LogP contribution in [0.4, 0.5) is 10.6 Å². The molecular weight excluding hydrogens is 280 g/mol. The summed E-state index contributed by atoms with van der Waals surface area (Å²) in [6.07, 6.45) is 3.53. The number of aromatic amines is 1. The Morgan fingerprint density at radius 1 is 1.27 bits per heavy atom. The van der Waals surface area contributed by atoms with Crippen LogP contribution in [0.1, 0.15) is 20.8 Å². The number of fused-ring (bicyclic) bond motifs is 1. The van der Waals surface area contributed by atoms with Gasteiger partial charge in [-0.05, 0) is 32.9 Å². The van der Waals surface area contributed by atoms with E-state index in [1.165, 1.54) is 0 Å². The van der Waals surface area contributed by atoms with Crippen molar-refractivity contribution in [2.75, 3.05) is 31.1 Å². The molecule has 6 heteroatoms. The van der Waals surface area contributed by atoms with E-state index >= 15 is 0 Å². The fourth-order valence-corrected chi connectivity index (χ4v) is 2.56. The Bertz CT molecular complexity index is 666. The summed E-state index contributed by atoms with van der Waals surface area (Å²) in [6.45, 7) is 8.50. The van der Waals surface area contributed by atoms with Crippen molar-refractivity contribution in [1.82, 2.24) is 14.9 Å². The van der Waals surface area contributed by atoms with E-state index in [-0.39, 0.29) is 6.09 Å². The van der Waals surface area contributed by atoms with Gasteiger partial charge in [-0.3, -0.25) is 0 Å². The molecule has 1 amide bonds. The lowest BCUT2D eigenvalue weighted by Gasteiger charge is -2.36. The van der Waals surface area contributed by atoms with Crippen molar-refractivity contribution in [3.05, 3.63) is 24.5 Å². The average Bonchev–Trinajstić information content (AvgIpc) is 2.93. The van der Waals surface area contributed by atoms with Gasteiger partial charge in [0.05, 0.1) is 11.7 Å². The summed E-state index contributed by atoms with van der Waals surface area (Å²) in [5, 5.41) is 1.15. The van der Waals surface area contributed by atoms with E-state index in [4.69, 9.17) is 4.74 Å². The molecule has 1 saturated heterocycles. The Labute approximate surface area is 130 Å². The van der Waals surface area contributed by atoms with Gasteiger partial charge in [0.1, 0.15) is 11.4 Å². The predicted octanol–water partition coefficient (Wildman–Crippen LogP) is 2.62. The van der Waals surface area contributed by atoms with Crippen LogP contribution in [0.5, 0.6) is 0 Å². The molecule has 0 radical (unpaired) electrons. The highest BCUT2D eigenvalue weighted by molar-refractivity contribution is 5.81. The maximum absolute atomic E-state index is 12.1. The highest BCUT2D eigenvalue weighted by Crippen LogP contribution is 2.20. The molecule has 0 aromatic carbocycles. The minimum absolute atomic E-state index is 0.235. The first-order chi connectivity index (χ1) is 10.4. The number of hydrogen-bond acceptors (Lipinski definition) is 4. The molecule has 2 aromatic heterocycles. The Morgan fingerprint density at radius 3 is 2.68 bits per heavy atom. The molecule has 0 aliphatic carbocycles. The molecule has 3 rings (SSSR count). The van der Waals surface area contributed by atoms with Crippen molar-refractivity contribution in [2.45, 2.75) is 26.4 Å². The monoisotopic (exact) mass is 302 g/mol. The number of piperazine rings is 1. The summed E-state index contributed by atoms with van der Waals surface area (Å²) >= 11 is 0. The Morgan fingerprint density at radius 2 is 2.00 bits per heavy atom. The Balaban J connectivity index is 1.62. The van der Waals surface area contributed by atoms with E-state index in [2.05, 4.69) is 20.9 Å². The third-order valence-electron chi connectivity index (χ3n) is 3.68. The van der Waals surface area contributed by atoms with Gasteiger partial charge in [0.2, 0.25) is 0 Å². The SMILES string of the molecule is CC(C)(C)OC(=O)N1CCN(c2cc3cc[nH]c3cn2)CC1. The standard InChI is InChI=1S/C16H22N4O2/c1-16(2,3)22-15(21)20-8-6-19(7-9-20)14-10-12-4-5-17-13(12)11-18-14/h4-5,10-11,17H,6-9H2,1-3H3. The van der Waals surface area contributed by atoms with E-state index in [0.717, 1.165) is 29.8 Å². The number of nitrogens with zero attached hydrogens (tertiary/aromatic N) is 3. The second-order valence-electron chi connectivity index (χ2n) is 6.56. The number of pyridine rings is 1. The number of hydrogen-bond donors (Lipinski definition) is 1. The first-order valence-corrected chi connectivity index (χ1v) is 7.58. The third kappa shape index (κ3) is 3.16. The highest BCUT2D eigenvalue weighted by atomic mass is 16.6. The molecule has 0 spiro atoms. The highest BCUT2D eigenvalue weighted by Gasteiger charge is 2.26. The van der Waals surface area contributed by atoms with Gasteiger partial charge in [-0.15, -0.1) is 0 Å². The first-order valence-electron chi connectivity index (χ1n) is 7.58. The van der Waals surface area contributed by atoms with Gasteiger partial charge >= 0.3 is 6.09 Å². The molecule has 1 aliphatic heterocycles. The van der Waals surface area contributed by atoms with E-state index < -0.39 is 5.60 Å². The number of rotatable bonds is 1. The zero-order chi connectivity index (χ0) is 15.7. The molecule has 118 valence electrons. The number of ether oxygens (including phenoxy) is 1. The smallest absolute Gasteiger partial charge is 0.410 e. The summed E-state index contributed by atoms with van der Waals surface area (Å²) in [4.78, 5) is 23.7. The molecule has 0 atom stereocenters. The summed E-state index contributed by atoms with van der Waals surface area (Å²) in [6, 6.07) is 4.12. The molecule has 0 unspecified atom stereocenters. The van der Waals surface area contributed by atoms with Crippen molar-refractivity contribution >= 4 is 22.8 Å². The van der Waals surface area contributed by atoms with Gasteiger partial charge in [-0.2, -0.15) is 0 Å². The zero-order valence-electron chi connectivity index (χ0n) is 13.3. The maximum Gasteiger partial charge on any atom is 0.410 e. The number of aromatic nitrogens is 2. The van der Waals surface area contributed by atoms with E-state index in [1.807, 2.05) is 39.2 Å². The van der Waals surface area contributed by atoms with Crippen LogP contribution in [0, 0.1) is 0 Å². The fourth-order valence-electron chi connectivity index (χ4n) is 2.56. The molecule has 22 heavy (non-hydrogen) atoms.